The fourth-order valence-corrected chi connectivity index (χ4v) is 2.88. The van der Waals surface area contributed by atoms with E-state index in [1.54, 1.807) is 25.0 Å². The van der Waals surface area contributed by atoms with Crippen molar-refractivity contribution < 1.29 is 11.0 Å². The molecule has 0 amide bonds. The number of rotatable bonds is 2. The van der Waals surface area contributed by atoms with Gasteiger partial charge in [-0.1, -0.05) is 12.1 Å². The van der Waals surface area contributed by atoms with Gasteiger partial charge in [0.2, 0.25) is 0 Å². The summed E-state index contributed by atoms with van der Waals surface area (Å²) in [5.74, 6) is 0. The molecule has 8 heteroatoms. The van der Waals surface area contributed by atoms with E-state index in [-0.39, 0.29) is 11.0 Å². The molecule has 4 aromatic heterocycles. The Labute approximate surface area is 148 Å². The first-order valence-corrected chi connectivity index (χ1v) is 7.54. The van der Waals surface area contributed by atoms with Crippen LogP contribution >= 0.6 is 0 Å². The van der Waals surface area contributed by atoms with Crippen LogP contribution in [0.3, 0.4) is 0 Å². The average molecular weight is 348 g/mol. The maximum Gasteiger partial charge on any atom is 0.0992 e. The summed E-state index contributed by atoms with van der Waals surface area (Å²) in [4.78, 5) is 17.4. The number of aromatic nitrogens is 6. The molecule has 0 spiro atoms. The van der Waals surface area contributed by atoms with Crippen LogP contribution in [0.4, 0.5) is 0 Å². The Morgan fingerprint density at radius 2 is 1.12 bits per heavy atom. The van der Waals surface area contributed by atoms with Gasteiger partial charge in [-0.15, -0.1) is 0 Å². The fraction of sp³-hybridized carbons (Fsp3) is 0. The topological polar surface area (TPSA) is 124 Å². The van der Waals surface area contributed by atoms with Crippen molar-refractivity contribution in [3.8, 4) is 11.4 Å². The lowest BCUT2D eigenvalue weighted by Crippen LogP contribution is -1.95. The van der Waals surface area contributed by atoms with Crippen LogP contribution in [0.5, 0.6) is 0 Å². The summed E-state index contributed by atoms with van der Waals surface area (Å²) < 4.78 is 3.87. The number of hydrogen-bond acceptors (Lipinski definition) is 4. The standard InChI is InChI=1S/C18H12N6.2H2O/c1-2-14-8-16(24-6-4-20-12-24)10-22-18(14)17-13(1)7-15(9-21-17)23-5-3-19-11-23;;/h1-12H;2*1H2. The van der Waals surface area contributed by atoms with Gasteiger partial charge in [0.1, 0.15) is 0 Å². The summed E-state index contributed by atoms with van der Waals surface area (Å²) in [7, 11) is 0. The van der Waals surface area contributed by atoms with Gasteiger partial charge in [0, 0.05) is 35.6 Å². The number of imidazole rings is 2. The van der Waals surface area contributed by atoms with Gasteiger partial charge in [0.05, 0.1) is 47.5 Å². The Morgan fingerprint density at radius 1 is 0.654 bits per heavy atom. The summed E-state index contributed by atoms with van der Waals surface area (Å²) in [6.45, 7) is 0. The van der Waals surface area contributed by atoms with Gasteiger partial charge in [-0.25, -0.2) is 9.97 Å². The molecule has 4 heterocycles. The fourth-order valence-electron chi connectivity index (χ4n) is 2.88. The normalized spacial score (nSPS) is 10.5. The van der Waals surface area contributed by atoms with Gasteiger partial charge in [0.15, 0.2) is 0 Å². The number of benzene rings is 1. The first-order valence-electron chi connectivity index (χ1n) is 7.54. The number of fused-ring (bicyclic) bond motifs is 3. The third-order valence-electron chi connectivity index (χ3n) is 4.08. The molecule has 0 unspecified atom stereocenters. The van der Waals surface area contributed by atoms with E-state index >= 15 is 0 Å². The molecule has 0 aliphatic carbocycles. The molecule has 8 nitrogen and oxygen atoms in total. The van der Waals surface area contributed by atoms with Gasteiger partial charge in [-0.2, -0.15) is 0 Å². The maximum atomic E-state index is 4.63. The second-order valence-corrected chi connectivity index (χ2v) is 5.54. The average Bonchev–Trinajstić information content (AvgIpc) is 3.34. The molecule has 0 saturated heterocycles. The van der Waals surface area contributed by atoms with E-state index in [4.69, 9.17) is 0 Å². The van der Waals surface area contributed by atoms with Gasteiger partial charge >= 0.3 is 0 Å². The zero-order chi connectivity index (χ0) is 15.9. The molecule has 5 rings (SSSR count). The Morgan fingerprint density at radius 3 is 1.50 bits per heavy atom. The van der Waals surface area contributed by atoms with E-state index in [1.807, 2.05) is 33.9 Å². The third-order valence-corrected chi connectivity index (χ3v) is 4.08. The first-order chi connectivity index (χ1) is 11.9. The lowest BCUT2D eigenvalue weighted by molar-refractivity contribution is 0.823. The van der Waals surface area contributed by atoms with E-state index in [9.17, 15) is 0 Å². The molecule has 0 radical (unpaired) electrons. The monoisotopic (exact) mass is 348 g/mol. The minimum absolute atomic E-state index is 0. The molecule has 0 bridgehead atoms. The summed E-state index contributed by atoms with van der Waals surface area (Å²) in [6.07, 6.45) is 14.5. The second kappa shape index (κ2) is 6.71. The zero-order valence-electron chi connectivity index (χ0n) is 13.6. The molecule has 0 saturated carbocycles. The van der Waals surface area contributed by atoms with Crippen molar-refractivity contribution in [3.63, 3.8) is 0 Å². The summed E-state index contributed by atoms with van der Waals surface area (Å²) in [5.41, 5.74) is 3.76. The number of nitrogens with zero attached hydrogens (tertiary/aromatic N) is 6. The molecule has 0 fully saturated rings. The van der Waals surface area contributed by atoms with E-state index < -0.39 is 0 Å². The smallest absolute Gasteiger partial charge is 0.0992 e. The molecule has 1 aromatic carbocycles. The van der Waals surface area contributed by atoms with Gasteiger partial charge in [0.25, 0.3) is 0 Å². The van der Waals surface area contributed by atoms with Crippen molar-refractivity contribution in [2.75, 3.05) is 0 Å². The van der Waals surface area contributed by atoms with Crippen molar-refractivity contribution >= 4 is 21.8 Å². The highest BCUT2D eigenvalue weighted by Crippen LogP contribution is 2.25. The Hall–Kier alpha value is -3.62. The molecule has 0 atom stereocenters. The largest absolute Gasteiger partial charge is 0.412 e. The van der Waals surface area contributed by atoms with Crippen LogP contribution in [0.2, 0.25) is 0 Å². The van der Waals surface area contributed by atoms with Crippen molar-refractivity contribution in [2.45, 2.75) is 0 Å². The molecular formula is C18H16N6O2. The number of hydrogen-bond donors (Lipinski definition) is 0. The van der Waals surface area contributed by atoms with Crippen molar-refractivity contribution in [2.24, 2.45) is 0 Å². The molecule has 4 N–H and O–H groups in total. The predicted molar refractivity (Wildman–Crippen MR) is 98.5 cm³/mol. The lowest BCUT2D eigenvalue weighted by atomic mass is 10.1. The van der Waals surface area contributed by atoms with Crippen molar-refractivity contribution in [3.05, 3.63) is 74.1 Å². The molecule has 0 aliphatic rings. The highest BCUT2D eigenvalue weighted by Gasteiger charge is 2.07. The quantitative estimate of drug-likeness (QED) is 0.448. The summed E-state index contributed by atoms with van der Waals surface area (Å²) in [5, 5.41) is 2.10. The Bertz CT molecular complexity index is 1060. The van der Waals surface area contributed by atoms with Crippen LogP contribution in [0, 0.1) is 0 Å². The molecule has 5 aromatic rings. The van der Waals surface area contributed by atoms with Crippen LogP contribution in [0.1, 0.15) is 0 Å². The predicted octanol–water partition coefficient (Wildman–Crippen LogP) is 1.50. The highest BCUT2D eigenvalue weighted by atomic mass is 16.0. The lowest BCUT2D eigenvalue weighted by Gasteiger charge is -2.08. The van der Waals surface area contributed by atoms with Gasteiger partial charge < -0.3 is 20.1 Å². The minimum atomic E-state index is 0. The van der Waals surface area contributed by atoms with Crippen LogP contribution in [-0.2, 0) is 0 Å². The Kier molecular flexibility index (Phi) is 4.44. The van der Waals surface area contributed by atoms with Crippen LogP contribution in [0.15, 0.2) is 74.1 Å². The van der Waals surface area contributed by atoms with E-state index in [1.165, 1.54) is 0 Å². The Balaban J connectivity index is 0.000000980. The zero-order valence-corrected chi connectivity index (χ0v) is 13.6. The first kappa shape index (κ1) is 17.2. The van der Waals surface area contributed by atoms with Crippen LogP contribution in [-0.4, -0.2) is 40.0 Å². The second-order valence-electron chi connectivity index (χ2n) is 5.54. The molecule has 26 heavy (non-hydrogen) atoms. The summed E-state index contributed by atoms with van der Waals surface area (Å²) >= 11 is 0. The number of pyridine rings is 2. The molecular weight excluding hydrogens is 332 g/mol. The van der Waals surface area contributed by atoms with Crippen LogP contribution < -0.4 is 0 Å². The molecule has 130 valence electrons. The van der Waals surface area contributed by atoms with Crippen molar-refractivity contribution in [1.82, 2.24) is 29.1 Å². The minimum Gasteiger partial charge on any atom is -0.412 e. The molecule has 0 aliphatic heterocycles. The third kappa shape index (κ3) is 2.69. The highest BCUT2D eigenvalue weighted by molar-refractivity contribution is 6.03. The van der Waals surface area contributed by atoms with E-state index in [0.29, 0.717) is 0 Å². The summed E-state index contributed by atoms with van der Waals surface area (Å²) in [6, 6.07) is 8.33. The van der Waals surface area contributed by atoms with E-state index in [0.717, 1.165) is 33.2 Å². The van der Waals surface area contributed by atoms with Gasteiger partial charge in [-0.3, -0.25) is 9.97 Å². The van der Waals surface area contributed by atoms with Gasteiger partial charge in [-0.05, 0) is 12.1 Å². The van der Waals surface area contributed by atoms with E-state index in [2.05, 4.69) is 44.2 Å². The maximum absolute atomic E-state index is 4.63. The SMILES string of the molecule is O.O.c1cn(-c2cnc3c(ccc4cc(-n5ccnc5)cnc43)c2)cn1. The van der Waals surface area contributed by atoms with Crippen molar-refractivity contribution in [1.29, 1.82) is 0 Å². The van der Waals surface area contributed by atoms with Crippen LogP contribution in [0.25, 0.3) is 33.2 Å².